The molecule has 0 atom stereocenters. The van der Waals surface area contributed by atoms with E-state index in [9.17, 15) is 17.6 Å². The van der Waals surface area contributed by atoms with E-state index in [0.29, 0.717) is 5.13 Å². The highest BCUT2D eigenvalue weighted by molar-refractivity contribution is 7.89. The quantitative estimate of drug-likeness (QED) is 0.813. The molecule has 1 amide bonds. The molecule has 1 fully saturated rings. The van der Waals surface area contributed by atoms with E-state index < -0.39 is 26.6 Å². The number of morpholine rings is 1. The number of nitrogens with one attached hydrogen (secondary N) is 1. The Morgan fingerprint density at radius 1 is 1.21 bits per heavy atom. The minimum Gasteiger partial charge on any atom is -0.379 e. The van der Waals surface area contributed by atoms with Crippen LogP contribution in [-0.2, 0) is 27.6 Å². The first kappa shape index (κ1) is 19.4. The molecule has 1 aromatic heterocycles. The molecule has 1 aliphatic carbocycles. The molecule has 1 N–H and O–H groups in total. The maximum absolute atomic E-state index is 14.3. The van der Waals surface area contributed by atoms with Gasteiger partial charge in [-0.05, 0) is 43.9 Å². The number of nitrogens with zero attached hydrogens (tertiary/aromatic N) is 2. The van der Waals surface area contributed by atoms with Crippen LogP contribution >= 0.6 is 11.3 Å². The van der Waals surface area contributed by atoms with Gasteiger partial charge in [0.1, 0.15) is 10.7 Å². The Bertz CT molecular complexity index is 977. The Kier molecular flexibility index (Phi) is 5.46. The summed E-state index contributed by atoms with van der Waals surface area (Å²) in [7, 11) is -4.04. The maximum Gasteiger partial charge on any atom is 0.257 e. The van der Waals surface area contributed by atoms with Gasteiger partial charge in [-0.1, -0.05) is 0 Å². The molecule has 2 aromatic rings. The van der Waals surface area contributed by atoms with E-state index in [4.69, 9.17) is 4.74 Å². The molecule has 2 aliphatic rings. The van der Waals surface area contributed by atoms with Gasteiger partial charge in [0.2, 0.25) is 10.0 Å². The number of anilines is 1. The largest absolute Gasteiger partial charge is 0.379 e. The fourth-order valence-electron chi connectivity index (χ4n) is 3.34. The first-order valence-electron chi connectivity index (χ1n) is 9.12. The number of halogens is 1. The Hall–Kier alpha value is -1.88. The summed E-state index contributed by atoms with van der Waals surface area (Å²) in [5.74, 6) is -1.39. The van der Waals surface area contributed by atoms with Gasteiger partial charge in [0, 0.05) is 23.5 Å². The van der Waals surface area contributed by atoms with Gasteiger partial charge in [0.15, 0.2) is 5.13 Å². The molecule has 150 valence electrons. The molecule has 1 aliphatic heterocycles. The second-order valence-corrected chi connectivity index (χ2v) is 9.70. The number of hydrogen-bond donors (Lipinski definition) is 1. The molecule has 7 nitrogen and oxygen atoms in total. The number of aromatic nitrogens is 1. The fourth-order valence-corrected chi connectivity index (χ4v) is 5.89. The second-order valence-electron chi connectivity index (χ2n) is 6.71. The van der Waals surface area contributed by atoms with Gasteiger partial charge in [-0.25, -0.2) is 17.8 Å². The average molecular weight is 426 g/mol. The molecule has 0 unspecified atom stereocenters. The lowest BCUT2D eigenvalue weighted by Crippen LogP contribution is -2.41. The molecule has 1 saturated heterocycles. The number of carbonyl (C=O) groups excluding carboxylic acids is 1. The third-order valence-corrected chi connectivity index (χ3v) is 7.83. The van der Waals surface area contributed by atoms with Crippen LogP contribution in [-0.4, -0.2) is 49.9 Å². The number of hydrogen-bond acceptors (Lipinski definition) is 6. The summed E-state index contributed by atoms with van der Waals surface area (Å²) in [6.45, 7) is 0.831. The number of ether oxygens (including phenoxy) is 1. The number of rotatable bonds is 4. The van der Waals surface area contributed by atoms with Crippen LogP contribution in [0.2, 0.25) is 0 Å². The van der Waals surface area contributed by atoms with Crippen LogP contribution in [0, 0.1) is 5.82 Å². The van der Waals surface area contributed by atoms with Crippen molar-refractivity contribution in [3.8, 4) is 0 Å². The van der Waals surface area contributed by atoms with E-state index in [1.165, 1.54) is 26.6 Å². The van der Waals surface area contributed by atoms with Gasteiger partial charge in [-0.3, -0.25) is 10.1 Å². The van der Waals surface area contributed by atoms with Crippen molar-refractivity contribution in [1.82, 2.24) is 9.29 Å². The summed E-state index contributed by atoms with van der Waals surface area (Å²) in [6, 6.07) is 3.37. The first-order chi connectivity index (χ1) is 13.4. The van der Waals surface area contributed by atoms with Gasteiger partial charge in [0.25, 0.3) is 5.91 Å². The number of benzene rings is 1. The number of aryl methyl sites for hydroxylation is 2. The predicted octanol–water partition coefficient (Wildman–Crippen LogP) is 2.43. The first-order valence-corrected chi connectivity index (χ1v) is 11.4. The van der Waals surface area contributed by atoms with E-state index in [2.05, 4.69) is 10.3 Å². The normalized spacial score (nSPS) is 17.9. The highest BCUT2D eigenvalue weighted by Crippen LogP contribution is 2.30. The molecular weight excluding hydrogens is 405 g/mol. The van der Waals surface area contributed by atoms with E-state index in [-0.39, 0.29) is 31.9 Å². The van der Waals surface area contributed by atoms with Crippen molar-refractivity contribution in [3.05, 3.63) is 40.2 Å². The van der Waals surface area contributed by atoms with Crippen LogP contribution in [0.4, 0.5) is 9.52 Å². The Labute approximate surface area is 166 Å². The highest BCUT2D eigenvalue weighted by atomic mass is 32.2. The third kappa shape index (κ3) is 3.82. The van der Waals surface area contributed by atoms with Gasteiger partial charge < -0.3 is 4.74 Å². The van der Waals surface area contributed by atoms with Gasteiger partial charge in [-0.15, -0.1) is 11.3 Å². The van der Waals surface area contributed by atoms with Crippen molar-refractivity contribution in [2.45, 2.75) is 30.6 Å². The highest BCUT2D eigenvalue weighted by Gasteiger charge is 2.30. The molecule has 0 radical (unpaired) electrons. The molecule has 10 heteroatoms. The summed E-state index contributed by atoms with van der Waals surface area (Å²) in [5, 5.41) is 3.20. The van der Waals surface area contributed by atoms with Crippen LogP contribution in [0.1, 0.15) is 33.8 Å². The number of fused-ring (bicyclic) bond motifs is 1. The number of carbonyl (C=O) groups is 1. The monoisotopic (exact) mass is 425 g/mol. The lowest BCUT2D eigenvalue weighted by molar-refractivity contribution is 0.0729. The molecular formula is C18H20FN3O4S2. The zero-order valence-electron chi connectivity index (χ0n) is 15.1. The van der Waals surface area contributed by atoms with Crippen LogP contribution in [0.15, 0.2) is 23.1 Å². The van der Waals surface area contributed by atoms with Crippen molar-refractivity contribution in [1.29, 1.82) is 0 Å². The van der Waals surface area contributed by atoms with Gasteiger partial charge in [-0.2, -0.15) is 4.31 Å². The topological polar surface area (TPSA) is 88.6 Å². The van der Waals surface area contributed by atoms with E-state index in [0.717, 1.165) is 43.5 Å². The Morgan fingerprint density at radius 2 is 1.96 bits per heavy atom. The van der Waals surface area contributed by atoms with Crippen molar-refractivity contribution in [2.75, 3.05) is 31.6 Å². The summed E-state index contributed by atoms with van der Waals surface area (Å²) >= 11 is 1.44. The van der Waals surface area contributed by atoms with Gasteiger partial charge >= 0.3 is 0 Å². The lowest BCUT2D eigenvalue weighted by atomic mass is 10.0. The fraction of sp³-hybridized carbons (Fsp3) is 0.444. The molecule has 4 rings (SSSR count). The zero-order valence-corrected chi connectivity index (χ0v) is 16.7. The lowest BCUT2D eigenvalue weighted by Gasteiger charge is -2.26. The summed E-state index contributed by atoms with van der Waals surface area (Å²) in [4.78, 5) is 17.7. The van der Waals surface area contributed by atoms with Crippen molar-refractivity contribution in [3.63, 3.8) is 0 Å². The van der Waals surface area contributed by atoms with Crippen molar-refractivity contribution >= 4 is 32.4 Å². The van der Waals surface area contributed by atoms with E-state index >= 15 is 0 Å². The van der Waals surface area contributed by atoms with Crippen LogP contribution < -0.4 is 5.32 Å². The molecule has 28 heavy (non-hydrogen) atoms. The maximum atomic E-state index is 14.3. The number of thiazole rings is 1. The molecule has 0 spiro atoms. The zero-order chi connectivity index (χ0) is 19.7. The summed E-state index contributed by atoms with van der Waals surface area (Å²) < 4.78 is 46.1. The predicted molar refractivity (Wildman–Crippen MR) is 103 cm³/mol. The standard InChI is InChI=1S/C18H20FN3O4S2/c19-13-6-5-12(11-16(13)28(24,25)22-7-9-26-10-8-22)17(23)21-18-20-14-3-1-2-4-15(14)27-18/h5-6,11H,1-4,7-10H2,(H,20,21,23). The number of amides is 1. The smallest absolute Gasteiger partial charge is 0.257 e. The third-order valence-electron chi connectivity index (χ3n) is 4.85. The SMILES string of the molecule is O=C(Nc1nc2c(s1)CCCC2)c1ccc(F)c(S(=O)(=O)N2CCOCC2)c1. The minimum atomic E-state index is -4.04. The molecule has 0 bridgehead atoms. The van der Waals surface area contributed by atoms with Crippen LogP contribution in [0.25, 0.3) is 0 Å². The van der Waals surface area contributed by atoms with E-state index in [1.807, 2.05) is 0 Å². The summed E-state index contributed by atoms with van der Waals surface area (Å²) in [5.41, 5.74) is 1.09. The molecule has 0 saturated carbocycles. The molecule has 2 heterocycles. The Morgan fingerprint density at radius 3 is 2.71 bits per heavy atom. The minimum absolute atomic E-state index is 0.0707. The average Bonchev–Trinajstić information content (AvgIpc) is 3.11. The van der Waals surface area contributed by atoms with Crippen LogP contribution in [0.5, 0.6) is 0 Å². The number of sulfonamides is 1. The molecule has 1 aromatic carbocycles. The van der Waals surface area contributed by atoms with Crippen LogP contribution in [0.3, 0.4) is 0 Å². The van der Waals surface area contributed by atoms with Crippen molar-refractivity contribution in [2.24, 2.45) is 0 Å². The second kappa shape index (κ2) is 7.86. The Balaban J connectivity index is 1.57. The van der Waals surface area contributed by atoms with Gasteiger partial charge in [0.05, 0.1) is 18.9 Å². The van der Waals surface area contributed by atoms with E-state index in [1.54, 1.807) is 0 Å². The van der Waals surface area contributed by atoms with Crippen molar-refractivity contribution < 1.29 is 22.3 Å². The summed E-state index contributed by atoms with van der Waals surface area (Å²) in [6.07, 6.45) is 4.07.